The van der Waals surface area contributed by atoms with Crippen LogP contribution in [0.4, 0.5) is 14.9 Å². The molecular weight excluding hydrogens is 445 g/mol. The van der Waals surface area contributed by atoms with Crippen LogP contribution in [0.15, 0.2) is 102 Å². The molecule has 1 aromatic carbocycles. The van der Waals surface area contributed by atoms with Gasteiger partial charge in [-0.05, 0) is 56.2 Å². The number of amides is 2. The van der Waals surface area contributed by atoms with Crippen molar-refractivity contribution >= 4 is 17.6 Å². The topological polar surface area (TPSA) is 101 Å². The smallest absolute Gasteiger partial charge is 0.326 e. The van der Waals surface area contributed by atoms with E-state index in [0.717, 1.165) is 0 Å². The molecule has 2 amide bonds. The summed E-state index contributed by atoms with van der Waals surface area (Å²) in [5, 5.41) is 24.1. The summed E-state index contributed by atoms with van der Waals surface area (Å²) in [6.07, 6.45) is 8.91. The van der Waals surface area contributed by atoms with Crippen molar-refractivity contribution in [1.29, 1.82) is 5.26 Å². The molecule has 3 N–H and O–H groups in total. The van der Waals surface area contributed by atoms with Gasteiger partial charge in [-0.1, -0.05) is 44.0 Å². The van der Waals surface area contributed by atoms with E-state index in [0.29, 0.717) is 35.8 Å². The number of carbonyl (C=O) groups excluding carboxylic acids is 1. The normalized spacial score (nSPS) is 12.1. The molecule has 35 heavy (non-hydrogen) atoms. The summed E-state index contributed by atoms with van der Waals surface area (Å²) in [6.45, 7) is 15.6. The zero-order valence-electron chi connectivity index (χ0n) is 20.2. The minimum Gasteiger partial charge on any atom is -0.396 e. The number of aliphatic hydroxyl groups excluding tert-OH is 1. The molecular formula is C27H32FN5O2. The van der Waals surface area contributed by atoms with Gasteiger partial charge in [0, 0.05) is 25.3 Å². The Labute approximate surface area is 206 Å². The number of benzene rings is 1. The van der Waals surface area contributed by atoms with Crippen LogP contribution in [0.5, 0.6) is 0 Å². The number of carbonyl (C=O) groups is 1. The van der Waals surface area contributed by atoms with Crippen molar-refractivity contribution in [2.45, 2.75) is 20.3 Å². The lowest BCUT2D eigenvalue weighted by Crippen LogP contribution is -2.42. The molecule has 0 radical (unpaired) electrons. The van der Waals surface area contributed by atoms with Gasteiger partial charge in [0.15, 0.2) is 0 Å². The number of nitriles is 1. The number of rotatable bonds is 12. The molecule has 184 valence electrons. The first-order valence-electron chi connectivity index (χ1n) is 10.9. The molecule has 0 aliphatic heterocycles. The van der Waals surface area contributed by atoms with Gasteiger partial charge in [-0.15, -0.1) is 0 Å². The fraction of sp³-hybridized carbons (Fsp3) is 0.222. The maximum Gasteiger partial charge on any atom is 0.326 e. The van der Waals surface area contributed by atoms with Crippen LogP contribution < -0.4 is 15.5 Å². The van der Waals surface area contributed by atoms with Gasteiger partial charge in [-0.25, -0.2) is 9.18 Å². The third-order valence-electron chi connectivity index (χ3n) is 4.58. The molecule has 0 bridgehead atoms. The van der Waals surface area contributed by atoms with Crippen molar-refractivity contribution in [3.63, 3.8) is 0 Å². The summed E-state index contributed by atoms with van der Waals surface area (Å²) in [5.74, 6) is 0.0995. The average Bonchev–Trinajstić information content (AvgIpc) is 2.84. The van der Waals surface area contributed by atoms with Gasteiger partial charge in [0.2, 0.25) is 0 Å². The van der Waals surface area contributed by atoms with Crippen LogP contribution in [0.1, 0.15) is 20.3 Å². The van der Waals surface area contributed by atoms with Crippen LogP contribution in [0.2, 0.25) is 0 Å². The third kappa shape index (κ3) is 9.66. The lowest BCUT2D eigenvalue weighted by atomic mass is 10.1. The van der Waals surface area contributed by atoms with Gasteiger partial charge < -0.3 is 15.7 Å². The molecule has 0 fully saturated rings. The Hall–Kier alpha value is -4.22. The highest BCUT2D eigenvalue weighted by Gasteiger charge is 2.22. The quantitative estimate of drug-likeness (QED) is 0.131. The number of anilines is 1. The highest BCUT2D eigenvalue weighted by molar-refractivity contribution is 5.97. The van der Waals surface area contributed by atoms with Crippen molar-refractivity contribution < 1.29 is 14.3 Å². The van der Waals surface area contributed by atoms with E-state index >= 15 is 0 Å². The fourth-order valence-electron chi connectivity index (χ4n) is 2.79. The van der Waals surface area contributed by atoms with Gasteiger partial charge in [0.1, 0.15) is 5.82 Å². The molecule has 0 aliphatic carbocycles. The summed E-state index contributed by atoms with van der Waals surface area (Å²) in [4.78, 5) is 18.9. The lowest BCUT2D eigenvalue weighted by molar-refractivity contribution is 0.248. The molecule has 1 aromatic rings. The Bertz CT molecular complexity index is 1080. The van der Waals surface area contributed by atoms with Gasteiger partial charge in [0.25, 0.3) is 0 Å². The Morgan fingerprint density at radius 2 is 1.97 bits per heavy atom. The molecule has 0 aliphatic rings. The van der Waals surface area contributed by atoms with Crippen LogP contribution >= 0.6 is 0 Å². The summed E-state index contributed by atoms with van der Waals surface area (Å²) in [7, 11) is 0. The van der Waals surface area contributed by atoms with Crippen molar-refractivity contribution in [1.82, 2.24) is 10.6 Å². The van der Waals surface area contributed by atoms with Crippen molar-refractivity contribution in [3.8, 4) is 6.07 Å². The molecule has 0 saturated carbocycles. The zero-order chi connectivity index (χ0) is 26.2. The van der Waals surface area contributed by atoms with Crippen LogP contribution in [-0.4, -0.2) is 36.7 Å². The first-order valence-corrected chi connectivity index (χ1v) is 10.9. The number of hydrogen-bond acceptors (Lipinski definition) is 4. The molecule has 8 heteroatoms. The van der Waals surface area contributed by atoms with Gasteiger partial charge in [-0.2, -0.15) is 5.26 Å². The zero-order valence-corrected chi connectivity index (χ0v) is 20.2. The standard InChI is InChI=1S/C27H32FN5O2/c1-6-8-11-23(20(3)18-29)19-31-27(35)33(25-14-12-24(28)13-15-25)21(4)26(10-7-2)32-22(5)30-16-9-17-34/h6-8,10-15,34H,2-4,9,16-17,19H2,1,5H3,(H,30,32)(H,31,35)/b8-6-,23-11-,26-10-. The highest BCUT2D eigenvalue weighted by Crippen LogP contribution is 2.23. The van der Waals surface area contributed by atoms with E-state index in [2.05, 4.69) is 35.4 Å². The molecule has 0 aromatic heterocycles. The first kappa shape index (κ1) is 28.8. The van der Waals surface area contributed by atoms with Crippen molar-refractivity contribution in [3.05, 3.63) is 103 Å². The van der Waals surface area contributed by atoms with Crippen molar-refractivity contribution in [2.75, 3.05) is 24.6 Å². The molecule has 0 heterocycles. The maximum atomic E-state index is 13.6. The predicted molar refractivity (Wildman–Crippen MR) is 140 cm³/mol. The number of nitrogens with one attached hydrogen (secondary N) is 2. The fourth-order valence-corrected chi connectivity index (χ4v) is 2.79. The largest absolute Gasteiger partial charge is 0.396 e. The lowest BCUT2D eigenvalue weighted by Gasteiger charge is -2.27. The summed E-state index contributed by atoms with van der Waals surface area (Å²) in [5.41, 5.74) is 1.83. The van der Waals surface area contributed by atoms with Crippen LogP contribution in [0.25, 0.3) is 0 Å². The van der Waals surface area contributed by atoms with Gasteiger partial charge >= 0.3 is 6.03 Å². The molecule has 1 rings (SSSR count). The number of aliphatic imine (C=N–C) groups is 1. The second kappa shape index (κ2) is 15.6. The molecule has 0 saturated heterocycles. The molecule has 0 spiro atoms. The highest BCUT2D eigenvalue weighted by atomic mass is 19.1. The number of aliphatic hydroxyl groups is 1. The summed E-state index contributed by atoms with van der Waals surface area (Å²) >= 11 is 0. The van der Waals surface area contributed by atoms with E-state index < -0.39 is 11.8 Å². The number of amidine groups is 1. The summed E-state index contributed by atoms with van der Waals surface area (Å²) < 4.78 is 13.6. The van der Waals surface area contributed by atoms with Gasteiger partial charge in [-0.3, -0.25) is 9.89 Å². The number of halogens is 1. The van der Waals surface area contributed by atoms with E-state index in [-0.39, 0.29) is 24.4 Å². The van der Waals surface area contributed by atoms with E-state index in [1.54, 1.807) is 31.2 Å². The number of allylic oxidation sites excluding steroid dienone is 5. The average molecular weight is 478 g/mol. The number of hydrogen-bond donors (Lipinski definition) is 3. The Kier molecular flexibility index (Phi) is 12.8. The molecule has 0 atom stereocenters. The second-order valence-corrected chi connectivity index (χ2v) is 7.21. The minimum atomic E-state index is -0.551. The SMILES string of the molecule is C=C/C=C(\NC(C)=NCCCO)C(=C)N(C(=O)NC/C(=C/C=C\C)C(=C)C#N)c1ccc(F)cc1. The van der Waals surface area contributed by atoms with E-state index in [1.807, 2.05) is 13.0 Å². The van der Waals surface area contributed by atoms with Crippen LogP contribution in [0.3, 0.4) is 0 Å². The Balaban J connectivity index is 3.30. The van der Waals surface area contributed by atoms with Gasteiger partial charge in [0.05, 0.1) is 29.0 Å². The van der Waals surface area contributed by atoms with E-state index in [9.17, 15) is 14.4 Å². The molecule has 0 unspecified atom stereocenters. The first-order chi connectivity index (χ1) is 16.8. The Morgan fingerprint density at radius 1 is 1.29 bits per heavy atom. The predicted octanol–water partition coefficient (Wildman–Crippen LogP) is 4.90. The van der Waals surface area contributed by atoms with E-state index in [4.69, 9.17) is 5.11 Å². The monoisotopic (exact) mass is 477 g/mol. The summed E-state index contributed by atoms with van der Waals surface area (Å²) in [6, 6.07) is 6.83. The molecule has 7 nitrogen and oxygen atoms in total. The van der Waals surface area contributed by atoms with Crippen LogP contribution in [0, 0.1) is 17.1 Å². The van der Waals surface area contributed by atoms with Crippen LogP contribution in [-0.2, 0) is 0 Å². The number of nitrogens with zero attached hydrogens (tertiary/aromatic N) is 3. The maximum absolute atomic E-state index is 13.6. The number of urea groups is 1. The van der Waals surface area contributed by atoms with E-state index in [1.165, 1.54) is 35.2 Å². The minimum absolute atomic E-state index is 0.0278. The second-order valence-electron chi connectivity index (χ2n) is 7.21. The Morgan fingerprint density at radius 3 is 2.54 bits per heavy atom. The van der Waals surface area contributed by atoms with Crippen molar-refractivity contribution in [2.24, 2.45) is 4.99 Å². The third-order valence-corrected chi connectivity index (χ3v) is 4.58.